The van der Waals surface area contributed by atoms with Crippen LogP contribution < -0.4 is 0 Å². The molecule has 12 fully saturated rings. The molecule has 56 heavy (non-hydrogen) atoms. The van der Waals surface area contributed by atoms with Crippen molar-refractivity contribution in [2.24, 2.45) is 107 Å². The molecule has 2 aromatic carbocycles. The first-order valence-electron chi connectivity index (χ1n) is 23.7. The van der Waals surface area contributed by atoms with Crippen molar-refractivity contribution < 1.29 is 22.5 Å². The molecule has 12 saturated carbocycles. The summed E-state index contributed by atoms with van der Waals surface area (Å²) in [5.74, 6) is 15.8. The van der Waals surface area contributed by atoms with Crippen molar-refractivity contribution in [3.8, 4) is 0 Å². The number of hydrogen-bond acceptors (Lipinski definition) is 4. The molecule has 12 aliphatic rings. The van der Waals surface area contributed by atoms with Crippen LogP contribution in [0.1, 0.15) is 152 Å². The molecule has 22 atom stereocenters. The zero-order valence-electron chi connectivity index (χ0n) is 32.8. The summed E-state index contributed by atoms with van der Waals surface area (Å²) >= 11 is 0. The molecular weight excluding hydrogens is 713 g/mol. The van der Waals surface area contributed by atoms with E-state index >= 15 is 4.79 Å². The Morgan fingerprint density at radius 2 is 0.946 bits per heavy atom. The molecule has 0 aromatic heterocycles. The van der Waals surface area contributed by atoms with Gasteiger partial charge in [-0.2, -0.15) is 8.42 Å². The number of hydrogen-bond donors (Lipinski definition) is 1. The number of carbonyl (C=O) groups excluding carboxylic acids is 1. The van der Waals surface area contributed by atoms with Gasteiger partial charge in [0.15, 0.2) is 0 Å². The van der Waals surface area contributed by atoms with Crippen molar-refractivity contribution in [1.29, 1.82) is 0 Å². The minimum Gasteiger partial charge on any atom is -0.435 e. The van der Waals surface area contributed by atoms with E-state index in [9.17, 15) is 13.0 Å². The number of ether oxygens (including phenoxy) is 1. The van der Waals surface area contributed by atoms with Gasteiger partial charge >= 0.3 is 16.1 Å². The number of fused-ring (bicyclic) bond motifs is 27. The Kier molecular flexibility index (Phi) is 6.94. The van der Waals surface area contributed by atoms with Crippen LogP contribution in [0.15, 0.2) is 42.5 Å². The molecule has 5 nitrogen and oxygen atoms in total. The van der Waals surface area contributed by atoms with E-state index in [1.165, 1.54) is 113 Å². The van der Waals surface area contributed by atoms with Crippen molar-refractivity contribution in [1.82, 2.24) is 0 Å². The molecule has 22 unspecified atom stereocenters. The molecule has 1 N–H and O–H groups in total. The molecule has 0 radical (unpaired) electrons. The van der Waals surface area contributed by atoms with Crippen LogP contribution in [-0.4, -0.2) is 18.9 Å². The van der Waals surface area contributed by atoms with Crippen molar-refractivity contribution in [2.75, 3.05) is 0 Å². The quantitative estimate of drug-likeness (QED) is 0.172. The normalized spacial score (nSPS) is 52.0. The Morgan fingerprint density at radius 3 is 1.39 bits per heavy atom. The van der Waals surface area contributed by atoms with E-state index in [0.29, 0.717) is 35.2 Å². The van der Waals surface area contributed by atoms with Gasteiger partial charge in [0, 0.05) is 5.56 Å². The van der Waals surface area contributed by atoms with Crippen molar-refractivity contribution in [2.45, 2.75) is 120 Å². The predicted octanol–water partition coefficient (Wildman–Crippen LogP) is 10.8. The minimum absolute atomic E-state index is 0.306. The van der Waals surface area contributed by atoms with Gasteiger partial charge < -0.3 is 4.74 Å². The van der Waals surface area contributed by atoms with Crippen molar-refractivity contribution in [3.05, 3.63) is 70.3 Å². The van der Waals surface area contributed by atoms with Gasteiger partial charge in [-0.25, -0.2) is 4.79 Å². The van der Waals surface area contributed by atoms with Crippen LogP contribution in [0.3, 0.4) is 0 Å². The number of esters is 1. The van der Waals surface area contributed by atoms with Crippen LogP contribution in [0, 0.1) is 107 Å². The number of benzene rings is 2. The highest BCUT2D eigenvalue weighted by atomic mass is 32.2. The predicted molar refractivity (Wildman–Crippen MR) is 213 cm³/mol. The smallest absolute Gasteiger partial charge is 0.340 e. The zero-order valence-corrected chi connectivity index (χ0v) is 33.7. The van der Waals surface area contributed by atoms with Gasteiger partial charge in [-0.3, -0.25) is 4.55 Å². The molecule has 0 spiro atoms. The lowest BCUT2D eigenvalue weighted by atomic mass is 9.62. The summed E-state index contributed by atoms with van der Waals surface area (Å²) in [6.07, 6.45) is 20.6. The first-order valence-corrected chi connectivity index (χ1v) is 25.2. The average Bonchev–Trinajstić information content (AvgIpc) is 4.04. The minimum atomic E-state index is -4.72. The fourth-order valence-electron chi connectivity index (χ4n) is 20.6. The van der Waals surface area contributed by atoms with E-state index in [1.54, 1.807) is 24.3 Å². The molecule has 6 heteroatoms. The second-order valence-corrected chi connectivity index (χ2v) is 24.2. The van der Waals surface area contributed by atoms with Crippen LogP contribution in [0.5, 0.6) is 0 Å². The number of carbonyl (C=O) groups is 1. The lowest BCUT2D eigenvalue weighted by molar-refractivity contribution is 0.0419. The van der Waals surface area contributed by atoms with Crippen LogP contribution in [0.2, 0.25) is 0 Å². The zero-order chi connectivity index (χ0) is 36.9. The SMILES string of the molecule is O=C(OC(c1ccccc1)S(=O)(=O)O)c1c(C2CC3CC2C2C4CCC(C4)C32)cc(C2CC3CC2C2C4CCC(C4)C32)cc1C1CC2CC1C1C3CCC(C3)C21. The van der Waals surface area contributed by atoms with Gasteiger partial charge in [0.05, 0.1) is 5.56 Å². The Morgan fingerprint density at radius 1 is 0.536 bits per heavy atom. The topological polar surface area (TPSA) is 80.7 Å². The Bertz CT molecular complexity index is 2040. The Balaban J connectivity index is 0.927. The summed E-state index contributed by atoms with van der Waals surface area (Å²) in [6, 6.07) is 13.8. The fourth-order valence-corrected chi connectivity index (χ4v) is 21.3. The van der Waals surface area contributed by atoms with E-state index in [-0.39, 0.29) is 0 Å². The number of rotatable bonds is 7. The maximum Gasteiger partial charge on any atom is 0.340 e. The summed E-state index contributed by atoms with van der Waals surface area (Å²) in [4.78, 5) is 15.4. The van der Waals surface area contributed by atoms with E-state index in [4.69, 9.17) is 4.74 Å². The van der Waals surface area contributed by atoms with Gasteiger partial charge in [-0.05, 0) is 237 Å². The van der Waals surface area contributed by atoms with Crippen LogP contribution in [0.25, 0.3) is 0 Å². The molecule has 12 bridgehead atoms. The van der Waals surface area contributed by atoms with Crippen LogP contribution in [0.4, 0.5) is 0 Å². The largest absolute Gasteiger partial charge is 0.435 e. The highest BCUT2D eigenvalue weighted by Crippen LogP contribution is 2.74. The fraction of sp³-hybridized carbons (Fsp3) is 0.740. The van der Waals surface area contributed by atoms with E-state index in [1.807, 2.05) is 6.07 Å². The summed E-state index contributed by atoms with van der Waals surface area (Å²) in [6.45, 7) is 0. The molecule has 0 aliphatic heterocycles. The highest BCUT2D eigenvalue weighted by Gasteiger charge is 2.66. The van der Waals surface area contributed by atoms with Crippen LogP contribution in [-0.2, 0) is 14.9 Å². The van der Waals surface area contributed by atoms with E-state index in [2.05, 4.69) is 12.1 Å². The molecule has 0 saturated heterocycles. The van der Waals surface area contributed by atoms with Gasteiger partial charge in [-0.1, -0.05) is 42.5 Å². The van der Waals surface area contributed by atoms with Gasteiger partial charge in [-0.15, -0.1) is 0 Å². The van der Waals surface area contributed by atoms with E-state index in [0.717, 1.165) is 100 Å². The third-order valence-electron chi connectivity index (χ3n) is 21.4. The van der Waals surface area contributed by atoms with Gasteiger partial charge in [0.2, 0.25) is 0 Å². The first kappa shape index (κ1) is 33.6. The summed E-state index contributed by atoms with van der Waals surface area (Å²) in [5.41, 5.74) is 3.31. The van der Waals surface area contributed by atoms with Crippen LogP contribution >= 0.6 is 0 Å². The van der Waals surface area contributed by atoms with Crippen molar-refractivity contribution in [3.63, 3.8) is 0 Å². The standard InChI is InChI=1S/C50H60O5S/c51-49(55-50(56(52,53)54)23-4-2-1-3-5-23)48-40(35-18-32-21-38(35)46-28-10-7-25(13-28)43(32)46)15-30(34-17-31-20-37(34)45-27-9-6-24(12-27)42(31)45)16-41(48)36-19-33-22-39(36)47-29-11-8-26(14-29)44(33)47/h1-5,15-16,24-29,31-39,42-47,50H,6-14,17-22H2,(H,52,53,54). The molecular formula is C50H60O5S. The molecule has 0 amide bonds. The third-order valence-corrected chi connectivity index (χ3v) is 22.3. The second kappa shape index (κ2) is 11.5. The summed E-state index contributed by atoms with van der Waals surface area (Å²) < 4.78 is 43.1. The molecule has 2 aromatic rings. The lowest BCUT2D eigenvalue weighted by Gasteiger charge is -2.42. The molecule has 0 heterocycles. The maximum absolute atomic E-state index is 15.4. The second-order valence-electron chi connectivity index (χ2n) is 22.7. The first-order chi connectivity index (χ1) is 27.3. The molecule has 12 aliphatic carbocycles. The summed E-state index contributed by atoms with van der Waals surface area (Å²) in [7, 11) is -4.72. The lowest BCUT2D eigenvalue weighted by Crippen LogP contribution is -2.35. The van der Waals surface area contributed by atoms with Gasteiger partial charge in [0.25, 0.3) is 5.44 Å². The summed E-state index contributed by atoms with van der Waals surface area (Å²) in [5, 5.41) is 0. The van der Waals surface area contributed by atoms with E-state index < -0.39 is 21.5 Å². The van der Waals surface area contributed by atoms with Crippen molar-refractivity contribution >= 4 is 16.1 Å². The van der Waals surface area contributed by atoms with Gasteiger partial charge in [0.1, 0.15) is 0 Å². The maximum atomic E-state index is 15.4. The third kappa shape index (κ3) is 4.38. The molecule has 296 valence electrons. The molecule has 14 rings (SSSR count). The monoisotopic (exact) mass is 772 g/mol. The Hall–Kier alpha value is -2.18. The Labute approximate surface area is 333 Å². The average molecular weight is 773 g/mol. The highest BCUT2D eigenvalue weighted by molar-refractivity contribution is 7.85.